The van der Waals surface area contributed by atoms with Crippen LogP contribution in [0.5, 0.6) is 0 Å². The van der Waals surface area contributed by atoms with Crippen molar-refractivity contribution in [1.82, 2.24) is 9.78 Å². The topological polar surface area (TPSA) is 48.0 Å². The van der Waals surface area contributed by atoms with Crippen molar-refractivity contribution in [2.24, 2.45) is 0 Å². The van der Waals surface area contributed by atoms with Gasteiger partial charge in [-0.05, 0) is 32.4 Å². The largest absolute Gasteiger partial charge is 0.460 e. The fraction of sp³-hybridized carbons (Fsp3) is 0.385. The Kier molecular flexibility index (Phi) is 3.13. The van der Waals surface area contributed by atoms with Crippen LogP contribution in [0.15, 0.2) is 22.7 Å². The summed E-state index contributed by atoms with van der Waals surface area (Å²) in [6.45, 7) is 6.03. The number of aryl methyl sites for hydroxylation is 1. The molecule has 4 nitrogen and oxygen atoms in total. The van der Waals surface area contributed by atoms with E-state index >= 15 is 0 Å². The molecule has 0 radical (unpaired) electrons. The third kappa shape index (κ3) is 2.16. The maximum Gasteiger partial charge on any atom is 0.155 e. The van der Waals surface area contributed by atoms with E-state index in [4.69, 9.17) is 4.42 Å². The Hall–Kier alpha value is -1.84. The Morgan fingerprint density at radius 2 is 2.29 bits per heavy atom. The molecule has 2 aromatic rings. The Balaban J connectivity index is 2.46. The molecule has 0 amide bonds. The number of hydrogen-bond donors (Lipinski definition) is 0. The zero-order chi connectivity index (χ0) is 12.4. The van der Waals surface area contributed by atoms with Gasteiger partial charge in [0.2, 0.25) is 0 Å². The smallest absolute Gasteiger partial charge is 0.155 e. The minimum atomic E-state index is 0.276. The van der Waals surface area contributed by atoms with E-state index in [1.165, 1.54) is 0 Å². The third-order valence-corrected chi connectivity index (χ3v) is 2.90. The number of nitrogens with zero attached hydrogens (tertiary/aromatic N) is 2. The summed E-state index contributed by atoms with van der Waals surface area (Å²) in [7, 11) is 0. The van der Waals surface area contributed by atoms with Gasteiger partial charge in [0.15, 0.2) is 12.0 Å². The second-order valence-electron chi connectivity index (χ2n) is 4.20. The van der Waals surface area contributed by atoms with Crippen LogP contribution in [-0.4, -0.2) is 16.1 Å². The summed E-state index contributed by atoms with van der Waals surface area (Å²) >= 11 is 0. The molecule has 17 heavy (non-hydrogen) atoms. The van der Waals surface area contributed by atoms with E-state index in [-0.39, 0.29) is 6.04 Å². The molecule has 2 heterocycles. The van der Waals surface area contributed by atoms with Gasteiger partial charge in [0.25, 0.3) is 0 Å². The van der Waals surface area contributed by atoms with Crippen molar-refractivity contribution >= 4 is 6.29 Å². The summed E-state index contributed by atoms with van der Waals surface area (Å²) in [5.74, 6) is 1.46. The normalized spacial score (nSPS) is 12.6. The summed E-state index contributed by atoms with van der Waals surface area (Å²) in [5.41, 5.74) is 1.19. The van der Waals surface area contributed by atoms with Crippen molar-refractivity contribution in [2.75, 3.05) is 0 Å². The molecule has 0 aliphatic carbocycles. The molecule has 1 unspecified atom stereocenters. The van der Waals surface area contributed by atoms with Gasteiger partial charge in [0.05, 0.1) is 5.56 Å². The lowest BCUT2D eigenvalue weighted by Gasteiger charge is -2.07. The average Bonchev–Trinajstić information content (AvgIpc) is 2.93. The highest BCUT2D eigenvalue weighted by Crippen LogP contribution is 2.24. The highest BCUT2D eigenvalue weighted by atomic mass is 16.3. The molecule has 0 aromatic carbocycles. The van der Waals surface area contributed by atoms with Crippen molar-refractivity contribution in [3.05, 3.63) is 29.7 Å². The zero-order valence-corrected chi connectivity index (χ0v) is 10.3. The monoisotopic (exact) mass is 232 g/mol. The Morgan fingerprint density at radius 3 is 2.82 bits per heavy atom. The van der Waals surface area contributed by atoms with Crippen LogP contribution in [0.2, 0.25) is 0 Å². The molecule has 90 valence electrons. The van der Waals surface area contributed by atoms with Crippen LogP contribution in [0.1, 0.15) is 42.4 Å². The van der Waals surface area contributed by atoms with E-state index in [0.717, 1.165) is 18.5 Å². The van der Waals surface area contributed by atoms with Crippen LogP contribution in [0.25, 0.3) is 11.5 Å². The van der Waals surface area contributed by atoms with Gasteiger partial charge in [-0.1, -0.05) is 6.92 Å². The van der Waals surface area contributed by atoms with Crippen LogP contribution in [0.4, 0.5) is 0 Å². The number of aldehydes is 1. The summed E-state index contributed by atoms with van der Waals surface area (Å²) in [4.78, 5) is 11.0. The fourth-order valence-electron chi connectivity index (χ4n) is 1.66. The predicted octanol–water partition coefficient (Wildman–Crippen LogP) is 3.24. The highest BCUT2D eigenvalue weighted by molar-refractivity contribution is 5.84. The average molecular weight is 232 g/mol. The number of furan rings is 1. The Labute approximate surface area is 100 Å². The highest BCUT2D eigenvalue weighted by Gasteiger charge is 2.15. The minimum Gasteiger partial charge on any atom is -0.460 e. The van der Waals surface area contributed by atoms with Gasteiger partial charge in [0, 0.05) is 12.2 Å². The van der Waals surface area contributed by atoms with Crippen LogP contribution in [0.3, 0.4) is 0 Å². The van der Waals surface area contributed by atoms with Crippen LogP contribution < -0.4 is 0 Å². The van der Waals surface area contributed by atoms with Gasteiger partial charge in [-0.3, -0.25) is 9.48 Å². The first-order chi connectivity index (χ1) is 8.15. The molecule has 0 fully saturated rings. The van der Waals surface area contributed by atoms with Gasteiger partial charge in [-0.2, -0.15) is 5.10 Å². The van der Waals surface area contributed by atoms with Gasteiger partial charge in [-0.15, -0.1) is 0 Å². The van der Waals surface area contributed by atoms with Crippen molar-refractivity contribution in [1.29, 1.82) is 0 Å². The Bertz CT molecular complexity index is 525. The first-order valence-electron chi connectivity index (χ1n) is 5.76. The third-order valence-electron chi connectivity index (χ3n) is 2.90. The molecule has 0 aliphatic rings. The van der Waals surface area contributed by atoms with Crippen LogP contribution in [0, 0.1) is 6.92 Å². The molecule has 0 bridgehead atoms. The Morgan fingerprint density at radius 1 is 1.53 bits per heavy atom. The number of carbonyl (C=O) groups excluding carboxylic acids is 1. The summed E-state index contributed by atoms with van der Waals surface area (Å²) in [6.07, 6.45) is 3.56. The van der Waals surface area contributed by atoms with Gasteiger partial charge >= 0.3 is 0 Å². The summed E-state index contributed by atoms with van der Waals surface area (Å²) in [5, 5.41) is 4.43. The zero-order valence-electron chi connectivity index (χ0n) is 10.3. The molecular formula is C13H16N2O2. The van der Waals surface area contributed by atoms with Crippen molar-refractivity contribution < 1.29 is 9.21 Å². The van der Waals surface area contributed by atoms with E-state index in [2.05, 4.69) is 18.9 Å². The van der Waals surface area contributed by atoms with E-state index < -0.39 is 0 Å². The maximum absolute atomic E-state index is 11.0. The molecule has 0 saturated heterocycles. The van der Waals surface area contributed by atoms with Crippen molar-refractivity contribution in [2.45, 2.75) is 33.2 Å². The molecule has 0 N–H and O–H groups in total. The molecule has 1 atom stereocenters. The van der Waals surface area contributed by atoms with Gasteiger partial charge in [0.1, 0.15) is 11.5 Å². The van der Waals surface area contributed by atoms with E-state index in [9.17, 15) is 4.79 Å². The van der Waals surface area contributed by atoms with E-state index in [1.807, 2.05) is 23.7 Å². The fourth-order valence-corrected chi connectivity index (χ4v) is 1.66. The molecule has 0 saturated carbocycles. The van der Waals surface area contributed by atoms with Crippen LogP contribution in [-0.2, 0) is 0 Å². The predicted molar refractivity (Wildman–Crippen MR) is 65.1 cm³/mol. The number of aromatic nitrogens is 2. The second-order valence-corrected chi connectivity index (χ2v) is 4.20. The quantitative estimate of drug-likeness (QED) is 0.760. The molecule has 0 aliphatic heterocycles. The van der Waals surface area contributed by atoms with Gasteiger partial charge in [-0.25, -0.2) is 0 Å². The molecular weight excluding hydrogens is 216 g/mol. The van der Waals surface area contributed by atoms with Gasteiger partial charge < -0.3 is 4.42 Å². The first kappa shape index (κ1) is 11.6. The van der Waals surface area contributed by atoms with E-state index in [0.29, 0.717) is 17.0 Å². The molecule has 4 heteroatoms. The van der Waals surface area contributed by atoms with Crippen molar-refractivity contribution in [3.8, 4) is 11.5 Å². The van der Waals surface area contributed by atoms with Crippen molar-refractivity contribution in [3.63, 3.8) is 0 Å². The first-order valence-corrected chi connectivity index (χ1v) is 5.76. The number of rotatable bonds is 4. The molecule has 0 spiro atoms. The standard InChI is InChI=1S/C13H16N2O2/c1-4-9(2)15-7-11(8-16)13(14-15)12-6-5-10(3)17-12/h5-9H,4H2,1-3H3. The summed E-state index contributed by atoms with van der Waals surface area (Å²) in [6, 6.07) is 3.98. The van der Waals surface area contributed by atoms with Crippen LogP contribution >= 0.6 is 0 Å². The van der Waals surface area contributed by atoms with E-state index in [1.54, 1.807) is 6.20 Å². The lowest BCUT2D eigenvalue weighted by Crippen LogP contribution is -2.03. The lowest BCUT2D eigenvalue weighted by molar-refractivity contribution is 0.112. The number of hydrogen-bond acceptors (Lipinski definition) is 3. The summed E-state index contributed by atoms with van der Waals surface area (Å²) < 4.78 is 7.32. The second kappa shape index (κ2) is 4.57. The SMILES string of the molecule is CCC(C)n1cc(C=O)c(-c2ccc(C)o2)n1. The maximum atomic E-state index is 11.0. The lowest BCUT2D eigenvalue weighted by atomic mass is 10.2. The minimum absolute atomic E-state index is 0.276. The number of carbonyl (C=O) groups is 1. The molecule has 2 aromatic heterocycles. The molecule has 2 rings (SSSR count).